The molecule has 1 N–H and O–H groups in total. The molecule has 152 valence electrons. The van der Waals surface area contributed by atoms with E-state index < -0.39 is 0 Å². The fraction of sp³-hybridized carbons (Fsp3) is 0.333. The molecule has 0 saturated carbocycles. The van der Waals surface area contributed by atoms with Gasteiger partial charge in [-0.2, -0.15) is 0 Å². The smallest absolute Gasteiger partial charge is 0.259 e. The first kappa shape index (κ1) is 20.9. The molecule has 0 radical (unpaired) electrons. The van der Waals surface area contributed by atoms with Crippen molar-refractivity contribution in [3.63, 3.8) is 0 Å². The minimum absolute atomic E-state index is 0.0223. The van der Waals surface area contributed by atoms with Crippen molar-refractivity contribution in [2.75, 3.05) is 19.0 Å². The number of anilines is 1. The van der Waals surface area contributed by atoms with Crippen molar-refractivity contribution in [2.45, 2.75) is 26.7 Å². The van der Waals surface area contributed by atoms with Crippen LogP contribution in [0.5, 0.6) is 0 Å². The number of Topliss-reactive ketones (excluding diaryl/α,β-unsaturated/α-hetero) is 1. The molecule has 0 aliphatic carbocycles. The maximum atomic E-state index is 13.2. The Morgan fingerprint density at radius 1 is 1.31 bits per heavy atom. The zero-order valence-corrected chi connectivity index (χ0v) is 17.4. The van der Waals surface area contributed by atoms with Crippen LogP contribution in [0.4, 0.5) is 5.13 Å². The van der Waals surface area contributed by atoms with E-state index in [2.05, 4.69) is 15.3 Å². The third-order valence-electron chi connectivity index (χ3n) is 4.53. The number of ether oxygens (including phenoxy) is 1. The number of furan rings is 1. The number of nitrogens with one attached hydrogen (secondary N) is 1. The van der Waals surface area contributed by atoms with Crippen LogP contribution in [0.25, 0.3) is 11.5 Å². The Labute approximate surface area is 173 Å². The van der Waals surface area contributed by atoms with Gasteiger partial charge in [0.1, 0.15) is 10.6 Å². The Balaban J connectivity index is 1.89. The summed E-state index contributed by atoms with van der Waals surface area (Å²) in [4.78, 5) is 34.8. The Bertz CT molecular complexity index is 964. The lowest BCUT2D eigenvalue weighted by Crippen LogP contribution is -2.15. The van der Waals surface area contributed by atoms with E-state index in [0.717, 1.165) is 17.0 Å². The third-order valence-corrected chi connectivity index (χ3v) is 5.52. The molecule has 8 heteroatoms. The van der Waals surface area contributed by atoms with Crippen LogP contribution in [0.3, 0.4) is 0 Å². The summed E-state index contributed by atoms with van der Waals surface area (Å²) in [5.41, 5.74) is 1.69. The number of hydrogen-bond donors (Lipinski definition) is 1. The number of ketones is 1. The van der Waals surface area contributed by atoms with Crippen molar-refractivity contribution in [2.24, 2.45) is 5.92 Å². The van der Waals surface area contributed by atoms with Gasteiger partial charge in [-0.25, -0.2) is 4.98 Å². The lowest BCUT2D eigenvalue weighted by molar-refractivity contribution is 0.0879. The van der Waals surface area contributed by atoms with E-state index in [1.54, 1.807) is 31.4 Å². The average molecular weight is 413 g/mol. The topological polar surface area (TPSA) is 94.3 Å². The highest BCUT2D eigenvalue weighted by molar-refractivity contribution is 7.18. The number of pyridine rings is 1. The van der Waals surface area contributed by atoms with E-state index >= 15 is 0 Å². The number of hydrogen-bond acceptors (Lipinski definition) is 7. The zero-order valence-electron chi connectivity index (χ0n) is 16.6. The molecule has 3 aromatic heterocycles. The lowest BCUT2D eigenvalue weighted by Gasteiger charge is -2.12. The largest absolute Gasteiger partial charge is 0.463 e. The molecule has 29 heavy (non-hydrogen) atoms. The van der Waals surface area contributed by atoms with E-state index in [9.17, 15) is 9.59 Å². The molecular weight excluding hydrogens is 390 g/mol. The third kappa shape index (κ3) is 4.96. The van der Waals surface area contributed by atoms with Gasteiger partial charge in [-0.15, -0.1) is 0 Å². The van der Waals surface area contributed by atoms with Crippen LogP contribution in [0.1, 0.15) is 45.5 Å². The van der Waals surface area contributed by atoms with Crippen molar-refractivity contribution in [3.05, 3.63) is 52.9 Å². The van der Waals surface area contributed by atoms with Gasteiger partial charge in [0.2, 0.25) is 0 Å². The summed E-state index contributed by atoms with van der Waals surface area (Å²) in [6, 6.07) is 6.95. The molecule has 0 bridgehead atoms. The molecule has 1 unspecified atom stereocenters. The van der Waals surface area contributed by atoms with Crippen molar-refractivity contribution < 1.29 is 18.7 Å². The fourth-order valence-corrected chi connectivity index (χ4v) is 3.84. The minimum atomic E-state index is -0.331. The molecular formula is C21H23N3O4S. The van der Waals surface area contributed by atoms with Crippen LogP contribution in [-0.2, 0) is 4.74 Å². The summed E-state index contributed by atoms with van der Waals surface area (Å²) < 4.78 is 10.6. The summed E-state index contributed by atoms with van der Waals surface area (Å²) in [6.07, 6.45) is 4.35. The van der Waals surface area contributed by atoms with E-state index in [0.29, 0.717) is 46.5 Å². The highest BCUT2D eigenvalue weighted by Gasteiger charge is 2.27. The van der Waals surface area contributed by atoms with Gasteiger partial charge < -0.3 is 9.15 Å². The molecule has 3 aromatic rings. The fourth-order valence-electron chi connectivity index (χ4n) is 2.86. The van der Waals surface area contributed by atoms with Crippen molar-refractivity contribution in [1.29, 1.82) is 0 Å². The van der Waals surface area contributed by atoms with Crippen LogP contribution in [0, 0.1) is 12.8 Å². The average Bonchev–Trinajstić information content (AvgIpc) is 3.38. The second-order valence-electron chi connectivity index (χ2n) is 6.57. The molecule has 0 fully saturated rings. The van der Waals surface area contributed by atoms with Gasteiger partial charge in [-0.05, 0) is 44.0 Å². The number of methoxy groups -OCH3 is 1. The molecule has 0 aromatic carbocycles. The standard InChI is InChI=1S/C21H23N3O4S/c1-4-14(9-11-27-3)18(25)19-17(16-6-5-10-28-16)23-21(29-19)24-20(26)15-8-7-13(2)22-12-15/h5-8,10,12,14H,4,9,11H2,1-3H3,(H,23,24,26). The Kier molecular flexibility index (Phi) is 6.90. The molecule has 3 rings (SSSR count). The molecule has 1 atom stereocenters. The lowest BCUT2D eigenvalue weighted by atomic mass is 9.95. The number of amides is 1. The van der Waals surface area contributed by atoms with Crippen molar-refractivity contribution in [3.8, 4) is 11.5 Å². The van der Waals surface area contributed by atoms with E-state index in [1.165, 1.54) is 12.5 Å². The number of carbonyl (C=O) groups is 2. The number of nitrogens with zero attached hydrogens (tertiary/aromatic N) is 2. The van der Waals surface area contributed by atoms with Crippen molar-refractivity contribution >= 4 is 28.2 Å². The highest BCUT2D eigenvalue weighted by atomic mass is 32.1. The molecule has 0 spiro atoms. The Morgan fingerprint density at radius 2 is 2.14 bits per heavy atom. The van der Waals surface area contributed by atoms with E-state index in [4.69, 9.17) is 9.15 Å². The second kappa shape index (κ2) is 9.58. The quantitative estimate of drug-likeness (QED) is 0.515. The van der Waals surface area contributed by atoms with Crippen LogP contribution >= 0.6 is 11.3 Å². The maximum Gasteiger partial charge on any atom is 0.259 e. The Morgan fingerprint density at radius 3 is 2.76 bits per heavy atom. The van der Waals surface area contributed by atoms with Gasteiger partial charge in [0, 0.05) is 31.5 Å². The highest BCUT2D eigenvalue weighted by Crippen LogP contribution is 2.34. The summed E-state index contributed by atoms with van der Waals surface area (Å²) >= 11 is 1.16. The van der Waals surface area contributed by atoms with Crippen LogP contribution in [0.15, 0.2) is 41.1 Å². The van der Waals surface area contributed by atoms with Gasteiger partial charge in [-0.3, -0.25) is 19.9 Å². The number of aryl methyl sites for hydroxylation is 1. The van der Waals surface area contributed by atoms with Gasteiger partial charge in [0.25, 0.3) is 5.91 Å². The SMILES string of the molecule is CCC(CCOC)C(=O)c1sc(NC(=O)c2ccc(C)nc2)nc1-c1ccco1. The van der Waals surface area contributed by atoms with Crippen LogP contribution in [0.2, 0.25) is 0 Å². The van der Waals surface area contributed by atoms with Gasteiger partial charge in [0.15, 0.2) is 16.7 Å². The molecule has 0 saturated heterocycles. The molecule has 1 amide bonds. The maximum absolute atomic E-state index is 13.2. The number of carbonyl (C=O) groups excluding carboxylic acids is 2. The second-order valence-corrected chi connectivity index (χ2v) is 7.57. The molecule has 7 nitrogen and oxygen atoms in total. The molecule has 0 aliphatic rings. The monoisotopic (exact) mass is 413 g/mol. The zero-order chi connectivity index (χ0) is 20.8. The summed E-state index contributed by atoms with van der Waals surface area (Å²) in [5, 5.41) is 3.11. The van der Waals surface area contributed by atoms with Gasteiger partial charge >= 0.3 is 0 Å². The van der Waals surface area contributed by atoms with Gasteiger partial charge in [-0.1, -0.05) is 18.3 Å². The predicted molar refractivity (Wildman–Crippen MR) is 111 cm³/mol. The summed E-state index contributed by atoms with van der Waals surface area (Å²) in [5.74, 6) is -0.0497. The first-order valence-corrected chi connectivity index (χ1v) is 10.2. The molecule has 3 heterocycles. The predicted octanol–water partition coefficient (Wildman–Crippen LogP) is 4.60. The van der Waals surface area contributed by atoms with E-state index in [1.807, 2.05) is 13.8 Å². The number of aromatic nitrogens is 2. The van der Waals surface area contributed by atoms with Crippen molar-refractivity contribution in [1.82, 2.24) is 9.97 Å². The first-order chi connectivity index (χ1) is 14.0. The van der Waals surface area contributed by atoms with Crippen LogP contribution in [-0.4, -0.2) is 35.4 Å². The summed E-state index contributed by atoms with van der Waals surface area (Å²) in [6.45, 7) is 4.33. The van der Waals surface area contributed by atoms with E-state index in [-0.39, 0.29) is 17.6 Å². The number of thiazole rings is 1. The first-order valence-electron chi connectivity index (χ1n) is 9.35. The normalized spacial score (nSPS) is 12.0. The minimum Gasteiger partial charge on any atom is -0.463 e. The Hall–Kier alpha value is -2.84. The summed E-state index contributed by atoms with van der Waals surface area (Å²) in [7, 11) is 1.62. The van der Waals surface area contributed by atoms with Gasteiger partial charge in [0.05, 0.1) is 11.8 Å². The van der Waals surface area contributed by atoms with Crippen LogP contribution < -0.4 is 5.32 Å². The number of rotatable bonds is 9. The molecule has 0 aliphatic heterocycles.